The first-order valence-corrected chi connectivity index (χ1v) is 8.71. The first-order valence-electron chi connectivity index (χ1n) is 7.35. The van der Waals surface area contributed by atoms with Gasteiger partial charge in [0, 0.05) is 10.8 Å². The second-order valence-electron chi connectivity index (χ2n) is 5.01. The van der Waals surface area contributed by atoms with Crippen LogP contribution in [0.2, 0.25) is 5.02 Å². The van der Waals surface area contributed by atoms with Gasteiger partial charge in [-0.1, -0.05) is 41.6 Å². The van der Waals surface area contributed by atoms with Gasteiger partial charge in [0.15, 0.2) is 11.5 Å². The second kappa shape index (κ2) is 8.04. The molecule has 25 heavy (non-hydrogen) atoms. The van der Waals surface area contributed by atoms with Crippen molar-refractivity contribution < 1.29 is 9.84 Å². The van der Waals surface area contributed by atoms with E-state index in [4.69, 9.17) is 16.3 Å². The molecule has 0 aliphatic carbocycles. The number of methoxy groups -OCH3 is 1. The molecule has 0 aliphatic heterocycles. The predicted molar refractivity (Wildman–Crippen MR) is 98.7 cm³/mol. The Bertz CT molecular complexity index is 898. The fourth-order valence-electron chi connectivity index (χ4n) is 2.07. The molecule has 1 heterocycles. The molecule has 128 valence electrons. The first-order chi connectivity index (χ1) is 12.2. The lowest BCUT2D eigenvalue weighted by molar-refractivity contribution is 0.373. The van der Waals surface area contributed by atoms with Gasteiger partial charge >= 0.3 is 0 Å². The smallest absolute Gasteiger partial charge is 0.212 e. The molecule has 0 unspecified atom stereocenters. The molecule has 0 saturated heterocycles. The van der Waals surface area contributed by atoms with Crippen molar-refractivity contribution in [1.82, 2.24) is 14.9 Å². The van der Waals surface area contributed by atoms with Gasteiger partial charge in [-0.25, -0.2) is 0 Å². The summed E-state index contributed by atoms with van der Waals surface area (Å²) in [6.07, 6.45) is 3.14. The van der Waals surface area contributed by atoms with Crippen LogP contribution < -0.4 is 4.74 Å². The average Bonchev–Trinajstić information content (AvgIpc) is 3.07. The van der Waals surface area contributed by atoms with E-state index in [1.807, 2.05) is 24.3 Å². The van der Waals surface area contributed by atoms with Crippen LogP contribution in [-0.2, 0) is 5.75 Å². The minimum absolute atomic E-state index is 0.0588. The maximum atomic E-state index is 9.80. The fourth-order valence-corrected chi connectivity index (χ4v) is 3.22. The lowest BCUT2D eigenvalue weighted by atomic mass is 10.2. The number of hydrogen-bond donors (Lipinski definition) is 1. The molecule has 1 N–H and O–H groups in total. The number of thioether (sulfide) groups is 1. The highest BCUT2D eigenvalue weighted by molar-refractivity contribution is 7.98. The number of nitrogens with zero attached hydrogens (tertiary/aromatic N) is 4. The molecule has 0 fully saturated rings. The monoisotopic (exact) mass is 374 g/mol. The Hall–Kier alpha value is -2.51. The third-order valence-electron chi connectivity index (χ3n) is 3.35. The summed E-state index contributed by atoms with van der Waals surface area (Å²) < 4.78 is 6.59. The molecule has 1 aromatic heterocycles. The fraction of sp³-hybridized carbons (Fsp3) is 0.118. The maximum absolute atomic E-state index is 9.80. The van der Waals surface area contributed by atoms with Crippen molar-refractivity contribution in [3.63, 3.8) is 0 Å². The molecule has 6 nitrogen and oxygen atoms in total. The third kappa shape index (κ3) is 4.32. The largest absolute Gasteiger partial charge is 0.504 e. The molecule has 0 amide bonds. The van der Waals surface area contributed by atoms with Crippen LogP contribution in [0.4, 0.5) is 0 Å². The standard InChI is InChI=1S/C17H15ClN4O2S/c1-24-16-7-6-12(8-15(16)23)9-20-22-11-19-21-17(22)25-10-13-4-2-3-5-14(13)18/h2-9,11,23H,10H2,1H3/b20-9-. The van der Waals surface area contributed by atoms with Gasteiger partial charge in [0.25, 0.3) is 0 Å². The lowest BCUT2D eigenvalue weighted by Gasteiger charge is -2.04. The average molecular weight is 375 g/mol. The van der Waals surface area contributed by atoms with Crippen molar-refractivity contribution in [2.75, 3.05) is 7.11 Å². The Balaban J connectivity index is 1.71. The molecule has 0 saturated carbocycles. The van der Waals surface area contributed by atoms with Gasteiger partial charge in [-0.2, -0.15) is 9.78 Å². The molecule has 2 aromatic carbocycles. The Morgan fingerprint density at radius 2 is 2.16 bits per heavy atom. The molecule has 0 aliphatic rings. The van der Waals surface area contributed by atoms with Crippen LogP contribution in [0.1, 0.15) is 11.1 Å². The SMILES string of the molecule is COc1ccc(/C=N\n2cnnc2SCc2ccccc2Cl)cc1O. The van der Waals surface area contributed by atoms with Crippen molar-refractivity contribution in [3.05, 3.63) is 64.9 Å². The van der Waals surface area contributed by atoms with Gasteiger partial charge in [-0.15, -0.1) is 10.2 Å². The first kappa shape index (κ1) is 17.3. The number of ether oxygens (including phenoxy) is 1. The van der Waals surface area contributed by atoms with Crippen molar-refractivity contribution in [1.29, 1.82) is 0 Å². The Morgan fingerprint density at radius 1 is 1.32 bits per heavy atom. The van der Waals surface area contributed by atoms with Crippen LogP contribution in [0.5, 0.6) is 11.5 Å². The minimum atomic E-state index is 0.0588. The van der Waals surface area contributed by atoms with E-state index in [2.05, 4.69) is 15.3 Å². The zero-order valence-corrected chi connectivity index (χ0v) is 14.9. The van der Waals surface area contributed by atoms with Gasteiger partial charge in [-0.05, 0) is 35.4 Å². The number of halogens is 1. The quantitative estimate of drug-likeness (QED) is 0.524. The summed E-state index contributed by atoms with van der Waals surface area (Å²) in [5.41, 5.74) is 1.75. The molecule has 3 rings (SSSR count). The van der Waals surface area contributed by atoms with Gasteiger partial charge in [0.05, 0.1) is 13.3 Å². The highest BCUT2D eigenvalue weighted by Crippen LogP contribution is 2.26. The summed E-state index contributed by atoms with van der Waals surface area (Å²) in [5.74, 6) is 1.14. The van der Waals surface area contributed by atoms with Gasteiger partial charge in [0.2, 0.25) is 5.16 Å². The molecule has 3 aromatic rings. The van der Waals surface area contributed by atoms with Crippen molar-refractivity contribution >= 4 is 29.6 Å². The molecule has 0 bridgehead atoms. The van der Waals surface area contributed by atoms with E-state index in [0.717, 1.165) is 16.1 Å². The Labute approximate surface area is 154 Å². The normalized spacial score (nSPS) is 11.1. The number of aromatic nitrogens is 3. The number of rotatable bonds is 6. The molecule has 8 heteroatoms. The maximum Gasteiger partial charge on any atom is 0.212 e. The number of aromatic hydroxyl groups is 1. The highest BCUT2D eigenvalue weighted by Gasteiger charge is 2.07. The van der Waals surface area contributed by atoms with Crippen molar-refractivity contribution in [2.24, 2.45) is 5.10 Å². The minimum Gasteiger partial charge on any atom is -0.504 e. The summed E-state index contributed by atoms with van der Waals surface area (Å²) in [7, 11) is 1.50. The van der Waals surface area contributed by atoms with Gasteiger partial charge in [-0.3, -0.25) is 0 Å². The van der Waals surface area contributed by atoms with E-state index in [-0.39, 0.29) is 5.75 Å². The van der Waals surface area contributed by atoms with Crippen LogP contribution in [0, 0.1) is 0 Å². The predicted octanol–water partition coefficient (Wildman–Crippen LogP) is 3.82. The van der Waals surface area contributed by atoms with Crippen LogP contribution in [0.15, 0.2) is 59.0 Å². The summed E-state index contributed by atoms with van der Waals surface area (Å²) in [4.78, 5) is 0. The summed E-state index contributed by atoms with van der Waals surface area (Å²) in [5, 5.41) is 23.5. The van der Waals surface area contributed by atoms with Crippen LogP contribution in [0.3, 0.4) is 0 Å². The number of hydrogen-bond acceptors (Lipinski definition) is 6. The topological polar surface area (TPSA) is 72.5 Å². The third-order valence-corrected chi connectivity index (χ3v) is 4.70. The second-order valence-corrected chi connectivity index (χ2v) is 6.36. The molecular formula is C17H15ClN4O2S. The zero-order valence-electron chi connectivity index (χ0n) is 13.3. The molecule has 0 atom stereocenters. The van der Waals surface area contributed by atoms with E-state index in [1.54, 1.807) is 29.1 Å². The van der Waals surface area contributed by atoms with E-state index in [9.17, 15) is 5.11 Å². The Morgan fingerprint density at radius 3 is 2.92 bits per heavy atom. The van der Waals surface area contributed by atoms with E-state index < -0.39 is 0 Å². The number of phenols is 1. The molecule has 0 radical (unpaired) electrons. The van der Waals surface area contributed by atoms with Gasteiger partial charge < -0.3 is 9.84 Å². The molecular weight excluding hydrogens is 360 g/mol. The number of benzene rings is 2. The Kier molecular flexibility index (Phi) is 5.57. The number of phenolic OH excluding ortho intramolecular Hbond substituents is 1. The summed E-state index contributed by atoms with van der Waals surface area (Å²) in [6.45, 7) is 0. The zero-order chi connectivity index (χ0) is 17.6. The van der Waals surface area contributed by atoms with E-state index in [1.165, 1.54) is 25.2 Å². The summed E-state index contributed by atoms with van der Waals surface area (Å²) >= 11 is 7.65. The van der Waals surface area contributed by atoms with Crippen molar-refractivity contribution in [3.8, 4) is 11.5 Å². The highest BCUT2D eigenvalue weighted by atomic mass is 35.5. The van der Waals surface area contributed by atoms with Crippen LogP contribution in [-0.4, -0.2) is 33.3 Å². The van der Waals surface area contributed by atoms with E-state index in [0.29, 0.717) is 16.7 Å². The summed E-state index contributed by atoms with van der Waals surface area (Å²) in [6, 6.07) is 12.7. The van der Waals surface area contributed by atoms with E-state index >= 15 is 0 Å². The van der Waals surface area contributed by atoms with Gasteiger partial charge in [0.1, 0.15) is 6.33 Å². The lowest BCUT2D eigenvalue weighted by Crippen LogP contribution is -1.93. The van der Waals surface area contributed by atoms with Crippen molar-refractivity contribution in [2.45, 2.75) is 10.9 Å². The molecule has 0 spiro atoms. The van der Waals surface area contributed by atoms with Crippen LogP contribution >= 0.6 is 23.4 Å². The van der Waals surface area contributed by atoms with Crippen LogP contribution in [0.25, 0.3) is 0 Å².